The van der Waals surface area contributed by atoms with E-state index >= 15 is 0 Å². The van der Waals surface area contributed by atoms with Gasteiger partial charge >= 0.3 is 0 Å². The third kappa shape index (κ3) is 5.34. The third-order valence-corrected chi connectivity index (χ3v) is 5.05. The molecule has 2 aromatic carbocycles. The summed E-state index contributed by atoms with van der Waals surface area (Å²) in [6.45, 7) is 3.40. The zero-order valence-electron chi connectivity index (χ0n) is 15.8. The fourth-order valence-corrected chi connectivity index (χ4v) is 3.65. The van der Waals surface area contributed by atoms with Gasteiger partial charge in [0.1, 0.15) is 11.6 Å². The van der Waals surface area contributed by atoms with Gasteiger partial charge in [-0.2, -0.15) is 0 Å². The number of thioether (sulfide) groups is 1. The summed E-state index contributed by atoms with van der Waals surface area (Å²) in [5.41, 5.74) is 2.26. The fraction of sp³-hybridized carbons (Fsp3) is 0.333. The van der Waals surface area contributed by atoms with Crippen molar-refractivity contribution in [3.05, 3.63) is 66.0 Å². The van der Waals surface area contributed by atoms with Crippen LogP contribution < -0.4 is 4.74 Å². The highest BCUT2D eigenvalue weighted by molar-refractivity contribution is 7.99. The van der Waals surface area contributed by atoms with Crippen LogP contribution in [0.4, 0.5) is 0 Å². The molecule has 142 valence electrons. The summed E-state index contributed by atoms with van der Waals surface area (Å²) in [5, 5.41) is 9.83. The molecule has 0 unspecified atom stereocenters. The maximum Gasteiger partial charge on any atom is 0.195 e. The number of hydrogen-bond acceptors (Lipinski definition) is 5. The van der Waals surface area contributed by atoms with Crippen LogP contribution in [-0.2, 0) is 11.2 Å². The Hall–Kier alpha value is -2.31. The predicted molar refractivity (Wildman–Crippen MR) is 109 cm³/mol. The molecule has 1 aromatic heterocycles. The normalized spacial score (nSPS) is 10.9. The first-order chi connectivity index (χ1) is 13.3. The first-order valence-corrected chi connectivity index (χ1v) is 10.1. The summed E-state index contributed by atoms with van der Waals surface area (Å²) in [5.74, 6) is 2.74. The molecule has 5 nitrogen and oxygen atoms in total. The second-order valence-corrected chi connectivity index (χ2v) is 7.08. The summed E-state index contributed by atoms with van der Waals surface area (Å²) in [4.78, 5) is 0. The number of rotatable bonds is 10. The van der Waals surface area contributed by atoms with Crippen LogP contribution in [0, 0.1) is 0 Å². The van der Waals surface area contributed by atoms with Crippen molar-refractivity contribution in [3.8, 4) is 11.4 Å². The van der Waals surface area contributed by atoms with Crippen LogP contribution in [-0.4, -0.2) is 40.8 Å². The highest BCUT2D eigenvalue weighted by Gasteiger charge is 2.15. The van der Waals surface area contributed by atoms with Gasteiger partial charge in [-0.3, -0.25) is 4.57 Å². The minimum absolute atomic E-state index is 0.659. The lowest BCUT2D eigenvalue weighted by Gasteiger charge is -2.11. The molecule has 0 bridgehead atoms. The van der Waals surface area contributed by atoms with Gasteiger partial charge in [-0.25, -0.2) is 0 Å². The zero-order valence-corrected chi connectivity index (χ0v) is 16.6. The van der Waals surface area contributed by atoms with Crippen molar-refractivity contribution in [2.24, 2.45) is 0 Å². The van der Waals surface area contributed by atoms with Gasteiger partial charge in [0.2, 0.25) is 0 Å². The fourth-order valence-electron chi connectivity index (χ4n) is 2.77. The molecule has 0 saturated carbocycles. The van der Waals surface area contributed by atoms with E-state index in [1.54, 1.807) is 18.9 Å². The minimum Gasteiger partial charge on any atom is -0.494 e. The van der Waals surface area contributed by atoms with E-state index in [0.29, 0.717) is 6.61 Å². The Morgan fingerprint density at radius 1 is 1.00 bits per heavy atom. The highest BCUT2D eigenvalue weighted by Crippen LogP contribution is 2.25. The number of hydrogen-bond donors (Lipinski definition) is 0. The van der Waals surface area contributed by atoms with Gasteiger partial charge in [0.15, 0.2) is 5.16 Å². The van der Waals surface area contributed by atoms with Crippen molar-refractivity contribution >= 4 is 11.8 Å². The van der Waals surface area contributed by atoms with E-state index < -0.39 is 0 Å². The Bertz CT molecular complexity index is 819. The van der Waals surface area contributed by atoms with Gasteiger partial charge in [0.05, 0.1) is 6.61 Å². The van der Waals surface area contributed by atoms with Gasteiger partial charge in [0.25, 0.3) is 0 Å². The molecule has 1 heterocycles. The van der Waals surface area contributed by atoms with Crippen LogP contribution in [0.15, 0.2) is 59.8 Å². The Kier molecular flexibility index (Phi) is 7.30. The maximum atomic E-state index is 5.57. The van der Waals surface area contributed by atoms with E-state index in [2.05, 4.69) is 39.0 Å². The largest absolute Gasteiger partial charge is 0.494 e. The number of aromatic nitrogens is 3. The molecule has 0 fully saturated rings. The number of nitrogens with zero attached hydrogens (tertiary/aromatic N) is 3. The number of ether oxygens (including phenoxy) is 2. The molecule has 0 radical (unpaired) electrons. The van der Waals surface area contributed by atoms with Crippen LogP contribution >= 0.6 is 11.8 Å². The van der Waals surface area contributed by atoms with Crippen LogP contribution in [0.25, 0.3) is 5.69 Å². The van der Waals surface area contributed by atoms with Gasteiger partial charge in [-0.15, -0.1) is 10.2 Å². The summed E-state index contributed by atoms with van der Waals surface area (Å²) >= 11 is 1.71. The van der Waals surface area contributed by atoms with Crippen LogP contribution in [0.3, 0.4) is 0 Å². The predicted octanol–water partition coefficient (Wildman–Crippen LogP) is 4.39. The van der Waals surface area contributed by atoms with Crippen molar-refractivity contribution in [3.63, 3.8) is 0 Å². The summed E-state index contributed by atoms with van der Waals surface area (Å²) < 4.78 is 12.9. The lowest BCUT2D eigenvalue weighted by atomic mass is 10.1. The molecule has 3 aromatic rings. The van der Waals surface area contributed by atoms with Crippen molar-refractivity contribution in [2.75, 3.05) is 26.1 Å². The van der Waals surface area contributed by atoms with Gasteiger partial charge in [0, 0.05) is 31.6 Å². The molecule has 0 amide bonds. The molecule has 0 atom stereocenters. The van der Waals surface area contributed by atoms with E-state index in [1.807, 2.05) is 37.3 Å². The molecular formula is C21H25N3O2S. The molecule has 6 heteroatoms. The molecule has 0 spiro atoms. The van der Waals surface area contributed by atoms with E-state index in [1.165, 1.54) is 5.56 Å². The van der Waals surface area contributed by atoms with Crippen molar-refractivity contribution < 1.29 is 9.47 Å². The maximum absolute atomic E-state index is 5.57. The Morgan fingerprint density at radius 2 is 1.78 bits per heavy atom. The zero-order chi connectivity index (χ0) is 18.9. The van der Waals surface area contributed by atoms with Crippen molar-refractivity contribution in [2.45, 2.75) is 24.9 Å². The Balaban J connectivity index is 1.87. The number of benzene rings is 2. The third-order valence-electron chi connectivity index (χ3n) is 4.04. The van der Waals surface area contributed by atoms with E-state index in [-0.39, 0.29) is 0 Å². The molecule has 0 aliphatic heterocycles. The molecule has 0 saturated heterocycles. The minimum atomic E-state index is 0.659. The molecule has 3 rings (SSSR count). The van der Waals surface area contributed by atoms with E-state index in [4.69, 9.17) is 9.47 Å². The lowest BCUT2D eigenvalue weighted by Crippen LogP contribution is -2.04. The summed E-state index contributed by atoms with van der Waals surface area (Å²) in [6, 6.07) is 18.4. The van der Waals surface area contributed by atoms with E-state index in [0.717, 1.165) is 47.6 Å². The first-order valence-electron chi connectivity index (χ1n) is 9.15. The monoisotopic (exact) mass is 383 g/mol. The Labute approximate surface area is 164 Å². The lowest BCUT2D eigenvalue weighted by molar-refractivity contribution is 0.200. The topological polar surface area (TPSA) is 49.2 Å². The standard InChI is InChI=1S/C21H25N3O2S/c1-3-26-19-12-10-18(11-13-19)24-20(16-17-8-5-4-6-9-17)22-23-21(24)27-15-7-14-25-2/h4-6,8-13H,3,7,14-16H2,1-2H3. The average Bonchev–Trinajstić information content (AvgIpc) is 3.09. The molecule has 27 heavy (non-hydrogen) atoms. The van der Waals surface area contributed by atoms with Crippen LogP contribution in [0.5, 0.6) is 5.75 Å². The first kappa shape index (κ1) is 19.5. The molecule has 0 aliphatic rings. The molecular weight excluding hydrogens is 358 g/mol. The van der Waals surface area contributed by atoms with Crippen molar-refractivity contribution in [1.29, 1.82) is 0 Å². The quantitative estimate of drug-likeness (QED) is 0.384. The van der Waals surface area contributed by atoms with Crippen LogP contribution in [0.1, 0.15) is 24.7 Å². The van der Waals surface area contributed by atoms with Crippen LogP contribution in [0.2, 0.25) is 0 Å². The number of methoxy groups -OCH3 is 1. The second-order valence-electron chi connectivity index (χ2n) is 6.02. The summed E-state index contributed by atoms with van der Waals surface area (Å²) in [7, 11) is 1.73. The smallest absolute Gasteiger partial charge is 0.195 e. The highest BCUT2D eigenvalue weighted by atomic mass is 32.2. The molecule has 0 N–H and O–H groups in total. The van der Waals surface area contributed by atoms with E-state index in [9.17, 15) is 0 Å². The second kappa shape index (κ2) is 10.1. The van der Waals surface area contributed by atoms with Gasteiger partial charge < -0.3 is 9.47 Å². The van der Waals surface area contributed by atoms with Gasteiger partial charge in [-0.1, -0.05) is 42.1 Å². The SMILES string of the molecule is CCOc1ccc(-n2c(Cc3ccccc3)nnc2SCCCOC)cc1. The average molecular weight is 384 g/mol. The summed E-state index contributed by atoms with van der Waals surface area (Å²) in [6.07, 6.45) is 1.71. The molecule has 0 aliphatic carbocycles. The van der Waals surface area contributed by atoms with Gasteiger partial charge in [-0.05, 0) is 43.2 Å². The van der Waals surface area contributed by atoms with Crippen molar-refractivity contribution in [1.82, 2.24) is 14.8 Å². The Morgan fingerprint density at radius 3 is 2.48 bits per heavy atom.